The van der Waals surface area contributed by atoms with Crippen LogP contribution in [0.2, 0.25) is 0 Å². The van der Waals surface area contributed by atoms with Gasteiger partial charge in [-0.15, -0.1) is 0 Å². The van der Waals surface area contributed by atoms with Crippen LogP contribution in [-0.4, -0.2) is 29.2 Å². The summed E-state index contributed by atoms with van der Waals surface area (Å²) in [5.74, 6) is -0.423. The third kappa shape index (κ3) is 3.39. The van der Waals surface area contributed by atoms with E-state index >= 15 is 0 Å². The highest BCUT2D eigenvalue weighted by atomic mass is 19.1. The molecule has 0 spiro atoms. The Morgan fingerprint density at radius 3 is 3.09 bits per heavy atom. The Bertz CT molecular complexity index is 744. The monoisotopic (exact) mass is 312 g/mol. The van der Waals surface area contributed by atoms with Crippen LogP contribution in [0.15, 0.2) is 30.6 Å². The van der Waals surface area contributed by atoms with Gasteiger partial charge in [0.05, 0.1) is 17.8 Å². The number of hydrogen-bond donors (Lipinski definition) is 0. The molecule has 0 radical (unpaired) electrons. The quantitative estimate of drug-likeness (QED) is 0.872. The minimum Gasteiger partial charge on any atom is -0.470 e. The van der Waals surface area contributed by atoms with Crippen molar-refractivity contribution in [1.82, 2.24) is 9.97 Å². The van der Waals surface area contributed by atoms with Crippen LogP contribution >= 0.6 is 0 Å². The van der Waals surface area contributed by atoms with E-state index in [2.05, 4.69) is 20.9 Å². The molecule has 0 unspecified atom stereocenters. The number of hydrogen-bond acceptors (Lipinski definition) is 5. The molecule has 2 aromatic rings. The van der Waals surface area contributed by atoms with Crippen molar-refractivity contribution in [1.29, 1.82) is 5.26 Å². The number of piperidine rings is 1. The van der Waals surface area contributed by atoms with Crippen LogP contribution in [0.5, 0.6) is 5.88 Å². The van der Waals surface area contributed by atoms with E-state index in [4.69, 9.17) is 4.74 Å². The van der Waals surface area contributed by atoms with Gasteiger partial charge >= 0.3 is 0 Å². The number of nitrogens with zero attached hydrogens (tertiary/aromatic N) is 4. The Balaban J connectivity index is 1.78. The minimum atomic E-state index is -0.456. The molecule has 23 heavy (non-hydrogen) atoms. The summed E-state index contributed by atoms with van der Waals surface area (Å²) in [7, 11) is 0. The van der Waals surface area contributed by atoms with Gasteiger partial charge < -0.3 is 9.64 Å². The standard InChI is InChI=1S/C17H17FN4O/c1-12-8-16(13(9-19)10-21-12)22-7-3-4-14(11-22)23-17-15(18)5-2-6-20-17/h2,5-6,8,10,14H,3-4,7,11H2,1H3/t14-/m0/s1. The molecule has 0 aliphatic carbocycles. The summed E-state index contributed by atoms with van der Waals surface area (Å²) in [5, 5.41) is 9.27. The molecule has 1 atom stereocenters. The molecule has 1 fully saturated rings. The van der Waals surface area contributed by atoms with E-state index in [1.807, 2.05) is 13.0 Å². The molecule has 0 N–H and O–H groups in total. The minimum absolute atomic E-state index is 0.0331. The lowest BCUT2D eigenvalue weighted by Gasteiger charge is -2.34. The van der Waals surface area contributed by atoms with Crippen LogP contribution in [-0.2, 0) is 0 Å². The lowest BCUT2D eigenvalue weighted by Crippen LogP contribution is -2.41. The summed E-state index contributed by atoms with van der Waals surface area (Å²) in [4.78, 5) is 10.2. The molecular weight excluding hydrogens is 295 g/mol. The number of anilines is 1. The molecule has 3 heterocycles. The Labute approximate surface area is 134 Å². The highest BCUT2D eigenvalue weighted by Crippen LogP contribution is 2.26. The molecule has 0 saturated carbocycles. The highest BCUT2D eigenvalue weighted by molar-refractivity contribution is 5.59. The second-order valence-electron chi connectivity index (χ2n) is 5.57. The summed E-state index contributed by atoms with van der Waals surface area (Å²) in [6.07, 6.45) is 4.68. The second-order valence-corrected chi connectivity index (χ2v) is 5.57. The Morgan fingerprint density at radius 2 is 2.30 bits per heavy atom. The van der Waals surface area contributed by atoms with Crippen LogP contribution in [0.1, 0.15) is 24.1 Å². The molecule has 6 heteroatoms. The first-order valence-electron chi connectivity index (χ1n) is 7.56. The molecule has 5 nitrogen and oxygen atoms in total. The van der Waals surface area contributed by atoms with Gasteiger partial charge in [0.2, 0.25) is 0 Å². The topological polar surface area (TPSA) is 62.0 Å². The summed E-state index contributed by atoms with van der Waals surface area (Å²) >= 11 is 0. The molecule has 1 aliphatic rings. The third-order valence-corrected chi connectivity index (χ3v) is 3.86. The van der Waals surface area contributed by atoms with Gasteiger partial charge in [-0.05, 0) is 38.0 Å². The maximum absolute atomic E-state index is 13.7. The van der Waals surface area contributed by atoms with Gasteiger partial charge in [-0.1, -0.05) is 0 Å². The van der Waals surface area contributed by atoms with Crippen LogP contribution in [0.25, 0.3) is 0 Å². The van der Waals surface area contributed by atoms with E-state index in [0.717, 1.165) is 30.8 Å². The fourth-order valence-corrected chi connectivity index (χ4v) is 2.76. The van der Waals surface area contributed by atoms with Gasteiger partial charge in [0.15, 0.2) is 5.82 Å². The van der Waals surface area contributed by atoms with Crippen molar-refractivity contribution in [2.45, 2.75) is 25.9 Å². The average molecular weight is 312 g/mol. The van der Waals surface area contributed by atoms with Crippen LogP contribution in [0.4, 0.5) is 10.1 Å². The van der Waals surface area contributed by atoms with Crippen molar-refractivity contribution in [2.24, 2.45) is 0 Å². The first-order valence-corrected chi connectivity index (χ1v) is 7.56. The molecule has 0 amide bonds. The lowest BCUT2D eigenvalue weighted by atomic mass is 10.1. The summed E-state index contributed by atoms with van der Waals surface area (Å²) in [5.41, 5.74) is 2.26. The van der Waals surface area contributed by atoms with E-state index < -0.39 is 5.82 Å². The number of aromatic nitrogens is 2. The van der Waals surface area contributed by atoms with Crippen molar-refractivity contribution < 1.29 is 9.13 Å². The molecule has 118 valence electrons. The average Bonchev–Trinajstić information content (AvgIpc) is 2.57. The van der Waals surface area contributed by atoms with Gasteiger partial charge in [0.25, 0.3) is 5.88 Å². The molecule has 0 aromatic carbocycles. The normalized spacial score (nSPS) is 17.6. The van der Waals surface area contributed by atoms with Gasteiger partial charge in [0, 0.05) is 24.6 Å². The Kier molecular flexibility index (Phi) is 4.38. The molecule has 2 aromatic heterocycles. The molecule has 0 bridgehead atoms. The van der Waals surface area contributed by atoms with Crippen molar-refractivity contribution in [3.63, 3.8) is 0 Å². The van der Waals surface area contributed by atoms with Crippen LogP contribution in [0, 0.1) is 24.1 Å². The van der Waals surface area contributed by atoms with E-state index in [9.17, 15) is 9.65 Å². The van der Waals surface area contributed by atoms with Gasteiger partial charge in [-0.25, -0.2) is 9.37 Å². The fourth-order valence-electron chi connectivity index (χ4n) is 2.76. The van der Waals surface area contributed by atoms with Crippen molar-refractivity contribution in [2.75, 3.05) is 18.0 Å². The van der Waals surface area contributed by atoms with Crippen molar-refractivity contribution in [3.05, 3.63) is 47.7 Å². The first-order chi connectivity index (χ1) is 11.2. The van der Waals surface area contributed by atoms with E-state index in [-0.39, 0.29) is 12.0 Å². The summed E-state index contributed by atoms with van der Waals surface area (Å²) in [6, 6.07) is 6.95. The van der Waals surface area contributed by atoms with Crippen LogP contribution in [0.3, 0.4) is 0 Å². The zero-order valence-corrected chi connectivity index (χ0v) is 12.9. The smallest absolute Gasteiger partial charge is 0.250 e. The maximum Gasteiger partial charge on any atom is 0.250 e. The number of rotatable bonds is 3. The van der Waals surface area contributed by atoms with E-state index in [1.165, 1.54) is 18.3 Å². The number of ether oxygens (including phenoxy) is 1. The van der Waals surface area contributed by atoms with Crippen LogP contribution < -0.4 is 9.64 Å². The molecule has 1 aliphatic heterocycles. The van der Waals surface area contributed by atoms with Crippen molar-refractivity contribution >= 4 is 5.69 Å². The largest absolute Gasteiger partial charge is 0.470 e. The number of nitriles is 1. The fraction of sp³-hybridized carbons (Fsp3) is 0.353. The molecule has 1 saturated heterocycles. The van der Waals surface area contributed by atoms with Crippen molar-refractivity contribution in [3.8, 4) is 11.9 Å². The summed E-state index contributed by atoms with van der Waals surface area (Å²) < 4.78 is 19.4. The maximum atomic E-state index is 13.7. The SMILES string of the molecule is Cc1cc(N2CCC[C@H](Oc3ncccc3F)C2)c(C#N)cn1. The number of halogens is 1. The Hall–Kier alpha value is -2.68. The first kappa shape index (κ1) is 15.2. The third-order valence-electron chi connectivity index (χ3n) is 3.86. The molecular formula is C17H17FN4O. The number of pyridine rings is 2. The predicted molar refractivity (Wildman–Crippen MR) is 83.7 cm³/mol. The van der Waals surface area contributed by atoms with Gasteiger partial charge in [-0.3, -0.25) is 4.98 Å². The predicted octanol–water partition coefficient (Wildman–Crippen LogP) is 2.84. The second kappa shape index (κ2) is 6.61. The number of aryl methyl sites for hydroxylation is 1. The van der Waals surface area contributed by atoms with E-state index in [1.54, 1.807) is 6.20 Å². The van der Waals surface area contributed by atoms with Gasteiger partial charge in [0.1, 0.15) is 12.2 Å². The molecule has 3 rings (SSSR count). The lowest BCUT2D eigenvalue weighted by molar-refractivity contribution is 0.164. The van der Waals surface area contributed by atoms with Gasteiger partial charge in [-0.2, -0.15) is 5.26 Å². The van der Waals surface area contributed by atoms with E-state index in [0.29, 0.717) is 12.1 Å². The zero-order chi connectivity index (χ0) is 16.2. The zero-order valence-electron chi connectivity index (χ0n) is 12.9. The Morgan fingerprint density at radius 1 is 1.43 bits per heavy atom. The highest BCUT2D eigenvalue weighted by Gasteiger charge is 2.24. The summed E-state index contributed by atoms with van der Waals surface area (Å²) in [6.45, 7) is 3.32.